The Labute approximate surface area is 83.9 Å². The van der Waals surface area contributed by atoms with Crippen LogP contribution in [-0.2, 0) is 0 Å². The molecule has 1 aromatic carbocycles. The van der Waals surface area contributed by atoms with Crippen LogP contribution in [0.25, 0.3) is 6.08 Å². The summed E-state index contributed by atoms with van der Waals surface area (Å²) in [6.07, 6.45) is 1.38. The second-order valence-corrected chi connectivity index (χ2v) is 2.57. The quantitative estimate of drug-likeness (QED) is 0.573. The van der Waals surface area contributed by atoms with Gasteiger partial charge in [-0.15, -0.1) is 0 Å². The molecular formula is C9H7F2NO3. The first-order chi connectivity index (χ1) is 7.04. The molecule has 15 heavy (non-hydrogen) atoms. The predicted octanol–water partition coefficient (Wildman–Crippen LogP) is 2.84. The number of nitro groups is 1. The molecule has 0 bridgehead atoms. The Morgan fingerprint density at radius 3 is 2.67 bits per heavy atom. The van der Waals surface area contributed by atoms with E-state index in [2.05, 4.69) is 11.3 Å². The van der Waals surface area contributed by atoms with E-state index >= 15 is 0 Å². The zero-order valence-electron chi connectivity index (χ0n) is 7.52. The first kappa shape index (κ1) is 11.1. The molecule has 0 aliphatic rings. The van der Waals surface area contributed by atoms with E-state index in [0.717, 1.165) is 12.1 Å². The van der Waals surface area contributed by atoms with E-state index in [-0.39, 0.29) is 0 Å². The fraction of sp³-hybridized carbons (Fsp3) is 0.111. The molecule has 0 radical (unpaired) electrons. The van der Waals surface area contributed by atoms with Crippen molar-refractivity contribution in [3.05, 3.63) is 40.5 Å². The van der Waals surface area contributed by atoms with Crippen LogP contribution in [0.4, 0.5) is 14.5 Å². The van der Waals surface area contributed by atoms with Crippen LogP contribution in [0.3, 0.4) is 0 Å². The van der Waals surface area contributed by atoms with Crippen LogP contribution in [0.15, 0.2) is 24.8 Å². The van der Waals surface area contributed by atoms with Gasteiger partial charge >= 0.3 is 12.3 Å². The van der Waals surface area contributed by atoms with E-state index in [9.17, 15) is 18.9 Å². The van der Waals surface area contributed by atoms with Crippen molar-refractivity contribution in [2.75, 3.05) is 0 Å². The minimum absolute atomic E-state index is 0.465. The number of rotatable bonds is 4. The molecule has 1 aromatic rings. The largest absolute Gasteiger partial charge is 0.427 e. The topological polar surface area (TPSA) is 52.4 Å². The van der Waals surface area contributed by atoms with Gasteiger partial charge in [0.1, 0.15) is 0 Å². The van der Waals surface area contributed by atoms with Gasteiger partial charge < -0.3 is 4.74 Å². The zero-order valence-corrected chi connectivity index (χ0v) is 7.52. The van der Waals surface area contributed by atoms with Crippen LogP contribution in [-0.4, -0.2) is 11.5 Å². The van der Waals surface area contributed by atoms with Crippen molar-refractivity contribution in [3.8, 4) is 5.75 Å². The van der Waals surface area contributed by atoms with Gasteiger partial charge in [0.15, 0.2) is 0 Å². The molecule has 0 spiro atoms. The summed E-state index contributed by atoms with van der Waals surface area (Å²) in [5.41, 5.74) is -0.0304. The highest BCUT2D eigenvalue weighted by molar-refractivity contribution is 5.57. The monoisotopic (exact) mass is 215 g/mol. The lowest BCUT2D eigenvalue weighted by Crippen LogP contribution is -2.04. The number of nitro benzene ring substituents is 1. The van der Waals surface area contributed by atoms with Gasteiger partial charge in [-0.3, -0.25) is 10.1 Å². The predicted molar refractivity (Wildman–Crippen MR) is 49.8 cm³/mol. The highest BCUT2D eigenvalue weighted by Crippen LogP contribution is 2.29. The van der Waals surface area contributed by atoms with Gasteiger partial charge in [-0.2, -0.15) is 8.78 Å². The smallest absolute Gasteiger partial charge is 0.387 e. The fourth-order valence-corrected chi connectivity index (χ4v) is 0.999. The van der Waals surface area contributed by atoms with E-state index in [4.69, 9.17) is 0 Å². The molecule has 0 aromatic heterocycles. The lowest BCUT2D eigenvalue weighted by Gasteiger charge is -2.05. The fourth-order valence-electron chi connectivity index (χ4n) is 0.999. The molecule has 1 rings (SSSR count). The van der Waals surface area contributed by atoms with Crippen molar-refractivity contribution in [1.29, 1.82) is 0 Å². The van der Waals surface area contributed by atoms with Gasteiger partial charge in [-0.1, -0.05) is 12.7 Å². The van der Waals surface area contributed by atoms with Gasteiger partial charge in [-0.25, -0.2) is 0 Å². The number of halogens is 2. The summed E-state index contributed by atoms with van der Waals surface area (Å²) < 4.78 is 27.9. The Morgan fingerprint density at radius 1 is 1.53 bits per heavy atom. The average Bonchev–Trinajstić information content (AvgIpc) is 2.16. The molecule has 0 unspecified atom stereocenters. The van der Waals surface area contributed by atoms with E-state index in [1.807, 2.05) is 0 Å². The summed E-state index contributed by atoms with van der Waals surface area (Å²) in [6, 6.07) is 3.62. The van der Waals surface area contributed by atoms with Crippen molar-refractivity contribution in [2.45, 2.75) is 6.61 Å². The molecule has 80 valence electrons. The Hall–Kier alpha value is -1.98. The average molecular weight is 215 g/mol. The molecule has 0 aliphatic heterocycles. The second-order valence-electron chi connectivity index (χ2n) is 2.57. The standard InChI is InChI=1S/C9H7F2NO3/c1-2-6-3-4-7(12(13)14)8(5-6)15-9(10)11/h2-5,9H,1H2. The summed E-state index contributed by atoms with van der Waals surface area (Å²) in [4.78, 5) is 9.67. The third kappa shape index (κ3) is 2.73. The number of hydrogen-bond acceptors (Lipinski definition) is 3. The molecule has 0 saturated carbocycles. The van der Waals surface area contributed by atoms with Crippen LogP contribution in [0.5, 0.6) is 5.75 Å². The van der Waals surface area contributed by atoms with E-state index in [0.29, 0.717) is 5.56 Å². The molecule has 6 heteroatoms. The number of alkyl halides is 2. The summed E-state index contributed by atoms with van der Waals surface area (Å²) >= 11 is 0. The van der Waals surface area contributed by atoms with Crippen molar-refractivity contribution in [1.82, 2.24) is 0 Å². The van der Waals surface area contributed by atoms with Gasteiger partial charge in [0.05, 0.1) is 4.92 Å². The molecule has 0 amide bonds. The van der Waals surface area contributed by atoms with Crippen LogP contribution in [0, 0.1) is 10.1 Å². The van der Waals surface area contributed by atoms with Gasteiger partial charge in [0, 0.05) is 6.07 Å². The Balaban J connectivity index is 3.16. The number of ether oxygens (including phenoxy) is 1. The lowest BCUT2D eigenvalue weighted by atomic mass is 10.2. The molecule has 0 fully saturated rings. The van der Waals surface area contributed by atoms with Crippen LogP contribution >= 0.6 is 0 Å². The van der Waals surface area contributed by atoms with Crippen molar-refractivity contribution in [2.24, 2.45) is 0 Å². The number of hydrogen-bond donors (Lipinski definition) is 0. The molecule has 0 heterocycles. The Kier molecular flexibility index (Phi) is 3.33. The van der Waals surface area contributed by atoms with Gasteiger partial charge in [0.25, 0.3) is 0 Å². The van der Waals surface area contributed by atoms with Crippen molar-refractivity contribution >= 4 is 11.8 Å². The van der Waals surface area contributed by atoms with E-state index < -0.39 is 23.0 Å². The van der Waals surface area contributed by atoms with Crippen molar-refractivity contribution in [3.63, 3.8) is 0 Å². The first-order valence-corrected chi connectivity index (χ1v) is 3.90. The molecule has 4 nitrogen and oxygen atoms in total. The van der Waals surface area contributed by atoms with Gasteiger partial charge in [-0.05, 0) is 17.7 Å². The zero-order chi connectivity index (χ0) is 11.4. The highest BCUT2D eigenvalue weighted by atomic mass is 19.3. The maximum Gasteiger partial charge on any atom is 0.387 e. The Morgan fingerprint density at radius 2 is 2.20 bits per heavy atom. The van der Waals surface area contributed by atoms with Crippen LogP contribution < -0.4 is 4.74 Å². The highest BCUT2D eigenvalue weighted by Gasteiger charge is 2.18. The molecular weight excluding hydrogens is 208 g/mol. The summed E-state index contributed by atoms with van der Waals surface area (Å²) in [5, 5.41) is 10.5. The molecule has 0 saturated heterocycles. The number of benzene rings is 1. The van der Waals surface area contributed by atoms with Crippen LogP contribution in [0.2, 0.25) is 0 Å². The molecule has 0 atom stereocenters. The maximum atomic E-state index is 11.9. The first-order valence-electron chi connectivity index (χ1n) is 3.90. The lowest BCUT2D eigenvalue weighted by molar-refractivity contribution is -0.386. The minimum Gasteiger partial charge on any atom is -0.427 e. The molecule has 0 N–H and O–H groups in total. The second kappa shape index (κ2) is 4.50. The summed E-state index contributed by atoms with van der Waals surface area (Å²) in [7, 11) is 0. The Bertz CT molecular complexity index is 393. The minimum atomic E-state index is -3.09. The SMILES string of the molecule is C=Cc1ccc([N+](=O)[O-])c(OC(F)F)c1. The third-order valence-electron chi connectivity index (χ3n) is 1.63. The van der Waals surface area contributed by atoms with Gasteiger partial charge in [0.2, 0.25) is 5.75 Å². The summed E-state index contributed by atoms with van der Waals surface area (Å²) in [5.74, 6) is -0.465. The van der Waals surface area contributed by atoms with E-state index in [1.54, 1.807) is 0 Å². The third-order valence-corrected chi connectivity index (χ3v) is 1.63. The summed E-state index contributed by atoms with van der Waals surface area (Å²) in [6.45, 7) is 0.319. The number of nitrogens with zero attached hydrogens (tertiary/aromatic N) is 1. The van der Waals surface area contributed by atoms with Crippen LogP contribution in [0.1, 0.15) is 5.56 Å². The maximum absolute atomic E-state index is 11.9. The van der Waals surface area contributed by atoms with E-state index in [1.165, 1.54) is 12.1 Å². The normalized spacial score (nSPS) is 10.1. The molecule has 0 aliphatic carbocycles. The van der Waals surface area contributed by atoms with Crippen molar-refractivity contribution < 1.29 is 18.4 Å².